The molecule has 2 heterocycles. The van der Waals surface area contributed by atoms with Crippen LogP contribution in [0.15, 0.2) is 48.5 Å². The highest BCUT2D eigenvalue weighted by molar-refractivity contribution is 6.10. The lowest BCUT2D eigenvalue weighted by Crippen LogP contribution is -2.48. The van der Waals surface area contributed by atoms with Crippen molar-refractivity contribution in [2.45, 2.75) is 51.6 Å². The molecule has 2 aliphatic heterocycles. The Morgan fingerprint density at radius 2 is 1.77 bits per heavy atom. The molecule has 0 bridgehead atoms. The first-order valence-corrected chi connectivity index (χ1v) is 11.4. The van der Waals surface area contributed by atoms with E-state index < -0.39 is 11.5 Å². The van der Waals surface area contributed by atoms with Gasteiger partial charge in [0, 0.05) is 24.2 Å². The predicted octanol–water partition coefficient (Wildman–Crippen LogP) is 4.14. The quantitative estimate of drug-likeness (QED) is 0.684. The third-order valence-electron chi connectivity index (χ3n) is 6.69. The summed E-state index contributed by atoms with van der Waals surface area (Å²) >= 11 is 0. The van der Waals surface area contributed by atoms with Gasteiger partial charge in [0.15, 0.2) is 11.4 Å². The maximum atomic E-state index is 13.4. The molecule has 31 heavy (non-hydrogen) atoms. The Labute approximate surface area is 184 Å². The van der Waals surface area contributed by atoms with E-state index in [2.05, 4.69) is 18.7 Å². The second-order valence-electron chi connectivity index (χ2n) is 9.10. The molecule has 1 fully saturated rings. The Morgan fingerprint density at radius 1 is 1.10 bits per heavy atom. The zero-order valence-corrected chi connectivity index (χ0v) is 18.5. The molecule has 0 radical (unpaired) electrons. The molecular formula is C26H32N2O3. The number of rotatable bonds is 7. The van der Waals surface area contributed by atoms with Gasteiger partial charge in [-0.3, -0.25) is 19.4 Å². The summed E-state index contributed by atoms with van der Waals surface area (Å²) in [5, 5.41) is 11.5. The van der Waals surface area contributed by atoms with Crippen LogP contribution in [0.2, 0.25) is 0 Å². The summed E-state index contributed by atoms with van der Waals surface area (Å²) in [7, 11) is 0. The summed E-state index contributed by atoms with van der Waals surface area (Å²) in [6.45, 7) is 6.70. The third kappa shape index (κ3) is 4.30. The molecule has 2 aliphatic rings. The van der Waals surface area contributed by atoms with Gasteiger partial charge in [0.25, 0.3) is 5.91 Å². The van der Waals surface area contributed by atoms with Crippen LogP contribution in [0.1, 0.15) is 61.0 Å². The first kappa shape index (κ1) is 21.7. The van der Waals surface area contributed by atoms with Gasteiger partial charge in [-0.25, -0.2) is 0 Å². The van der Waals surface area contributed by atoms with Crippen molar-refractivity contribution in [3.63, 3.8) is 0 Å². The molecule has 1 atom stereocenters. The maximum absolute atomic E-state index is 13.4. The summed E-state index contributed by atoms with van der Waals surface area (Å²) in [6, 6.07) is 14.8. The van der Waals surface area contributed by atoms with E-state index in [1.807, 2.05) is 30.3 Å². The van der Waals surface area contributed by atoms with Crippen LogP contribution in [0.4, 0.5) is 5.69 Å². The Morgan fingerprint density at radius 3 is 2.45 bits per heavy atom. The molecule has 5 heteroatoms. The van der Waals surface area contributed by atoms with Crippen molar-refractivity contribution in [2.24, 2.45) is 5.92 Å². The van der Waals surface area contributed by atoms with Crippen molar-refractivity contribution < 1.29 is 14.7 Å². The number of hydrogen-bond donors (Lipinski definition) is 1. The molecule has 164 valence electrons. The molecule has 0 saturated carbocycles. The topological polar surface area (TPSA) is 60.9 Å². The number of anilines is 1. The number of benzene rings is 2. The average Bonchev–Trinajstić information content (AvgIpc) is 2.98. The van der Waals surface area contributed by atoms with Crippen molar-refractivity contribution in [1.29, 1.82) is 0 Å². The van der Waals surface area contributed by atoms with Gasteiger partial charge < -0.3 is 5.11 Å². The van der Waals surface area contributed by atoms with Crippen LogP contribution in [0.5, 0.6) is 0 Å². The SMILES string of the molecule is CCCc1ccc(C(=O)CC2(O)C(=O)N(CN3CCC(C)CC3)c3ccccc32)cc1. The number of Topliss-reactive ketones (excluding diaryl/α,β-unsaturated/α-hetero) is 1. The number of ketones is 1. The molecule has 2 aromatic rings. The molecule has 1 N–H and O–H groups in total. The predicted molar refractivity (Wildman–Crippen MR) is 122 cm³/mol. The fourth-order valence-corrected chi connectivity index (χ4v) is 4.70. The molecule has 1 saturated heterocycles. The summed E-state index contributed by atoms with van der Waals surface area (Å²) in [6.07, 6.45) is 3.99. The van der Waals surface area contributed by atoms with E-state index in [9.17, 15) is 14.7 Å². The molecular weight excluding hydrogens is 388 g/mol. The van der Waals surface area contributed by atoms with E-state index in [0.29, 0.717) is 29.4 Å². The Balaban J connectivity index is 1.55. The summed E-state index contributed by atoms with van der Waals surface area (Å²) in [4.78, 5) is 30.4. The van der Waals surface area contributed by atoms with Crippen molar-refractivity contribution in [3.8, 4) is 0 Å². The van der Waals surface area contributed by atoms with Crippen molar-refractivity contribution in [2.75, 3.05) is 24.7 Å². The fraction of sp³-hybridized carbons (Fsp3) is 0.462. The van der Waals surface area contributed by atoms with E-state index in [0.717, 1.165) is 38.8 Å². The maximum Gasteiger partial charge on any atom is 0.265 e. The summed E-state index contributed by atoms with van der Waals surface area (Å²) < 4.78 is 0. The smallest absolute Gasteiger partial charge is 0.265 e. The second-order valence-corrected chi connectivity index (χ2v) is 9.10. The first-order valence-electron chi connectivity index (χ1n) is 11.4. The minimum atomic E-state index is -1.82. The number of para-hydroxylation sites is 1. The van der Waals surface area contributed by atoms with E-state index >= 15 is 0 Å². The van der Waals surface area contributed by atoms with Crippen LogP contribution in [0.3, 0.4) is 0 Å². The molecule has 5 nitrogen and oxygen atoms in total. The normalized spacial score (nSPS) is 22.0. The molecule has 4 rings (SSSR count). The van der Waals surface area contributed by atoms with Crippen molar-refractivity contribution in [3.05, 3.63) is 65.2 Å². The van der Waals surface area contributed by atoms with Crippen LogP contribution in [0.25, 0.3) is 0 Å². The Hall–Kier alpha value is -2.50. The Bertz CT molecular complexity index is 947. The van der Waals surface area contributed by atoms with Crippen LogP contribution in [0, 0.1) is 5.92 Å². The highest BCUT2D eigenvalue weighted by atomic mass is 16.3. The highest BCUT2D eigenvalue weighted by Crippen LogP contribution is 2.43. The summed E-state index contributed by atoms with van der Waals surface area (Å²) in [5.74, 6) is 0.0849. The van der Waals surface area contributed by atoms with Gasteiger partial charge >= 0.3 is 0 Å². The highest BCUT2D eigenvalue weighted by Gasteiger charge is 2.51. The first-order chi connectivity index (χ1) is 14.9. The van der Waals surface area contributed by atoms with Gasteiger partial charge in [0.1, 0.15) is 0 Å². The van der Waals surface area contributed by atoms with Crippen LogP contribution < -0.4 is 4.90 Å². The number of aryl methyl sites for hydroxylation is 1. The lowest BCUT2D eigenvalue weighted by molar-refractivity contribution is -0.136. The molecule has 0 spiro atoms. The zero-order valence-electron chi connectivity index (χ0n) is 18.5. The fourth-order valence-electron chi connectivity index (χ4n) is 4.70. The standard InChI is InChI=1S/C26H32N2O3/c1-3-6-20-9-11-21(12-10-20)24(29)17-26(31)22-7-4-5-8-23(22)28(25(26)30)18-27-15-13-19(2)14-16-27/h4-5,7-12,19,31H,3,6,13-18H2,1-2H3. The molecule has 1 amide bonds. The van der Waals surface area contributed by atoms with E-state index in [1.54, 1.807) is 23.1 Å². The largest absolute Gasteiger partial charge is 0.375 e. The number of likely N-dealkylation sites (tertiary alicyclic amines) is 1. The molecule has 1 unspecified atom stereocenters. The van der Waals surface area contributed by atoms with Crippen molar-refractivity contribution >= 4 is 17.4 Å². The second kappa shape index (κ2) is 8.93. The van der Waals surface area contributed by atoms with Gasteiger partial charge in [-0.2, -0.15) is 0 Å². The number of carbonyl (C=O) groups is 2. The van der Waals surface area contributed by atoms with E-state index in [-0.39, 0.29) is 12.2 Å². The molecule has 0 aromatic heterocycles. The molecule has 0 aliphatic carbocycles. The summed E-state index contributed by atoms with van der Waals surface area (Å²) in [5.41, 5.74) is 1.13. The lowest BCUT2D eigenvalue weighted by atomic mass is 9.88. The van der Waals surface area contributed by atoms with Gasteiger partial charge in [-0.1, -0.05) is 62.7 Å². The number of hydrogen-bond acceptors (Lipinski definition) is 4. The number of amides is 1. The van der Waals surface area contributed by atoms with Crippen LogP contribution in [-0.2, 0) is 16.8 Å². The number of nitrogens with zero attached hydrogens (tertiary/aromatic N) is 2. The minimum absolute atomic E-state index is 0.220. The zero-order chi connectivity index (χ0) is 22.0. The monoisotopic (exact) mass is 420 g/mol. The van der Waals surface area contributed by atoms with Crippen LogP contribution in [-0.4, -0.2) is 41.5 Å². The number of carbonyl (C=O) groups excluding carboxylic acids is 2. The Kier molecular flexibility index (Phi) is 6.26. The average molecular weight is 421 g/mol. The minimum Gasteiger partial charge on any atom is -0.375 e. The number of piperidine rings is 1. The lowest BCUT2D eigenvalue weighted by Gasteiger charge is -2.34. The third-order valence-corrected chi connectivity index (χ3v) is 6.69. The van der Waals surface area contributed by atoms with Gasteiger partial charge in [0.05, 0.1) is 18.8 Å². The van der Waals surface area contributed by atoms with Gasteiger partial charge in [-0.15, -0.1) is 0 Å². The van der Waals surface area contributed by atoms with Crippen molar-refractivity contribution in [1.82, 2.24) is 4.90 Å². The van der Waals surface area contributed by atoms with Gasteiger partial charge in [-0.05, 0) is 36.8 Å². The number of aliphatic hydroxyl groups is 1. The van der Waals surface area contributed by atoms with Crippen LogP contribution >= 0.6 is 0 Å². The molecule has 2 aromatic carbocycles. The van der Waals surface area contributed by atoms with Gasteiger partial charge in [0.2, 0.25) is 0 Å². The van der Waals surface area contributed by atoms with E-state index in [1.165, 1.54) is 5.56 Å². The van der Waals surface area contributed by atoms with E-state index in [4.69, 9.17) is 0 Å². The number of fused-ring (bicyclic) bond motifs is 1.